The average Bonchev–Trinajstić information content (AvgIpc) is 3.26. The first-order valence-electron chi connectivity index (χ1n) is 11.5. The monoisotopic (exact) mass is 629 g/mol. The molecule has 0 spiro atoms. The van der Waals surface area contributed by atoms with E-state index in [1.165, 1.54) is 50.7 Å². The van der Waals surface area contributed by atoms with Crippen molar-refractivity contribution < 1.29 is 38.2 Å². The Bertz CT molecular complexity index is 356. The smallest absolute Gasteiger partial charge is 0.662 e. The van der Waals surface area contributed by atoms with Gasteiger partial charge in [-0.15, -0.1) is 39.3 Å². The van der Waals surface area contributed by atoms with Gasteiger partial charge in [0.05, 0.1) is 0 Å². The Kier molecular flexibility index (Phi) is 40.0. The molecule has 182 valence electrons. The molecule has 0 saturated carbocycles. The number of hydrogen-bond acceptors (Lipinski definition) is 0. The van der Waals surface area contributed by atoms with Crippen LogP contribution in [0.5, 0.6) is 0 Å². The number of hydrogen-bond donors (Lipinski definition) is 0. The topological polar surface area (TPSA) is 42.3 Å². The Morgan fingerprint density at radius 3 is 0.903 bits per heavy atom. The van der Waals surface area contributed by atoms with Crippen LogP contribution in [0.15, 0.2) is 24.3 Å². The Hall–Kier alpha value is 0.107. The van der Waals surface area contributed by atoms with Crippen LogP contribution < -0.4 is 5.19 Å². The summed E-state index contributed by atoms with van der Waals surface area (Å²) in [6.07, 6.45) is 7.17. The van der Waals surface area contributed by atoms with Crippen LogP contribution in [0, 0.1) is 0 Å². The number of nitrogens with zero attached hydrogens (tertiary/aromatic N) is 3. The number of rotatable bonds is 13. The average molecular weight is 628 g/mol. The molecule has 0 heterocycles. The van der Waals surface area contributed by atoms with E-state index >= 15 is 0 Å². The van der Waals surface area contributed by atoms with Crippen molar-refractivity contribution in [3.63, 3.8) is 0 Å². The van der Waals surface area contributed by atoms with Gasteiger partial charge < -0.3 is 16.0 Å². The van der Waals surface area contributed by atoms with Crippen LogP contribution in [0.4, 0.5) is 12.3 Å². The third kappa shape index (κ3) is 37.7. The first kappa shape index (κ1) is 38.4. The van der Waals surface area contributed by atoms with Crippen LogP contribution in [0.3, 0.4) is 0 Å². The summed E-state index contributed by atoms with van der Waals surface area (Å²) < 4.78 is 35.3. The van der Waals surface area contributed by atoms with Gasteiger partial charge in [-0.25, -0.2) is 24.5 Å². The zero-order chi connectivity index (χ0) is 23.5. The molecule has 1 aromatic rings. The van der Waals surface area contributed by atoms with Gasteiger partial charge in [-0.05, 0) is 0 Å². The first-order chi connectivity index (χ1) is 14.3. The summed E-state index contributed by atoms with van der Waals surface area (Å²) in [4.78, 5) is 0. The molecule has 0 radical (unpaired) electrons. The van der Waals surface area contributed by atoms with E-state index in [0.717, 1.165) is 51.4 Å². The van der Waals surface area contributed by atoms with Crippen molar-refractivity contribution in [3.05, 3.63) is 40.2 Å². The van der Waals surface area contributed by atoms with E-state index in [0.29, 0.717) is 0 Å². The summed E-state index contributed by atoms with van der Waals surface area (Å²) in [6, 6.07) is 5.00. The summed E-state index contributed by atoms with van der Waals surface area (Å²) in [7, 11) is -5.48. The molecule has 3 nitrogen and oxygen atoms in total. The molecule has 0 N–H and O–H groups in total. The molecule has 0 bridgehead atoms. The second-order valence-electron chi connectivity index (χ2n) is 6.68. The fourth-order valence-corrected chi connectivity index (χ4v) is 2.42. The molecule has 0 aromatic heterocycles. The van der Waals surface area contributed by atoms with Gasteiger partial charge in [0.1, 0.15) is 0 Å². The molecule has 0 unspecified atom stereocenters. The molecule has 8 heteroatoms. The van der Waals surface area contributed by atoms with Crippen LogP contribution >= 0.6 is 0 Å². The van der Waals surface area contributed by atoms with Gasteiger partial charge in [0.15, 0.2) is 0 Å². The minimum atomic E-state index is -5.48. The van der Waals surface area contributed by atoms with E-state index in [4.69, 9.17) is 0 Å². The molecule has 0 aliphatic carbocycles. The molecule has 0 aliphatic rings. The predicted molar refractivity (Wildman–Crippen MR) is 132 cm³/mol. The van der Waals surface area contributed by atoms with Crippen LogP contribution in [0.2, 0.25) is 0 Å². The van der Waals surface area contributed by atoms with Crippen molar-refractivity contribution in [3.8, 4) is 0 Å². The van der Waals surface area contributed by atoms with E-state index in [1.54, 1.807) is 0 Å². The fraction of sp³-hybridized carbons (Fsp3) is 0.783. The molecule has 0 atom stereocenters. The van der Waals surface area contributed by atoms with Crippen LogP contribution in [0.1, 0.15) is 80.1 Å². The molecule has 0 aliphatic heterocycles. The Morgan fingerprint density at radius 2 is 0.774 bits per heavy atom. The molecular weight excluding hydrogens is 582 g/mol. The molecule has 0 saturated heterocycles. The van der Waals surface area contributed by atoms with Crippen LogP contribution in [0.25, 0.3) is 16.0 Å². The van der Waals surface area contributed by atoms with Gasteiger partial charge in [-0.1, -0.05) is 85.3 Å². The minimum Gasteiger partial charge on any atom is -0.662 e. The van der Waals surface area contributed by atoms with Gasteiger partial charge in [0.25, 0.3) is 0 Å². The van der Waals surface area contributed by atoms with Crippen molar-refractivity contribution in [1.82, 2.24) is 0 Å². The van der Waals surface area contributed by atoms with E-state index in [1.807, 2.05) is 0 Å². The summed E-state index contributed by atoms with van der Waals surface area (Å²) >= 11 is 0. The zero-order valence-corrected chi connectivity index (χ0v) is 25.4. The van der Waals surface area contributed by atoms with Gasteiger partial charge in [-0.2, -0.15) is 12.1 Å². The SMILES string of the molecule is CCC[N-]CCC.CCC[N-]CCC.CCC[N-]CCC.F[Si](F)(F)[c-]1cccc1.[Hf+4]. The van der Waals surface area contributed by atoms with Gasteiger partial charge in [0.2, 0.25) is 0 Å². The van der Waals surface area contributed by atoms with Crippen molar-refractivity contribution >= 4 is 14.3 Å². The van der Waals surface area contributed by atoms with Crippen molar-refractivity contribution in [1.29, 1.82) is 0 Å². The van der Waals surface area contributed by atoms with Crippen molar-refractivity contribution in [2.75, 3.05) is 39.3 Å². The molecule has 31 heavy (non-hydrogen) atoms. The van der Waals surface area contributed by atoms with Gasteiger partial charge in [0, 0.05) is 0 Å². The third-order valence-electron chi connectivity index (χ3n) is 3.28. The van der Waals surface area contributed by atoms with Gasteiger partial charge >= 0.3 is 34.9 Å². The van der Waals surface area contributed by atoms with Crippen LogP contribution in [-0.2, 0) is 25.8 Å². The standard InChI is InChI=1S/3C6H14N.C5H4F3Si.Hf/c3*1-3-5-7-6-4-2;6-9(7,8)5-3-1-2-4-5;/h3*3-6H2,1-2H3;1-4H;/q4*-1;+4. The third-order valence-corrected chi connectivity index (χ3v) is 4.27. The van der Waals surface area contributed by atoms with Gasteiger partial charge in [-0.3, -0.25) is 0 Å². The summed E-state index contributed by atoms with van der Waals surface area (Å²) in [5, 5.41) is 12.2. The zero-order valence-electron chi connectivity index (χ0n) is 20.8. The molecule has 1 aromatic carbocycles. The largest absolute Gasteiger partial charge is 4.00 e. The second-order valence-corrected chi connectivity index (χ2v) is 8.26. The summed E-state index contributed by atoms with van der Waals surface area (Å²) in [5.41, 5.74) is 0. The van der Waals surface area contributed by atoms with Crippen LogP contribution in [-0.4, -0.2) is 48.3 Å². The van der Waals surface area contributed by atoms with E-state index in [9.17, 15) is 12.3 Å². The van der Waals surface area contributed by atoms with E-state index < -0.39 is 14.3 Å². The molecule has 0 fully saturated rings. The molecular formula is C23H46F3HfN3Si. The Balaban J connectivity index is -0.000000156. The molecule has 0 amide bonds. The number of halogens is 3. The normalized spacial score (nSPS) is 9.84. The summed E-state index contributed by atoms with van der Waals surface area (Å²) in [6.45, 7) is 19.2. The maximum absolute atomic E-state index is 11.8. The van der Waals surface area contributed by atoms with Crippen molar-refractivity contribution in [2.45, 2.75) is 80.1 Å². The quantitative estimate of drug-likeness (QED) is 0.0921. The van der Waals surface area contributed by atoms with Crippen molar-refractivity contribution in [2.24, 2.45) is 0 Å². The fourth-order valence-electron chi connectivity index (χ4n) is 1.85. The Morgan fingerprint density at radius 1 is 0.548 bits per heavy atom. The van der Waals surface area contributed by atoms with E-state index in [-0.39, 0.29) is 25.8 Å². The van der Waals surface area contributed by atoms with E-state index in [2.05, 4.69) is 57.5 Å². The first-order valence-corrected chi connectivity index (χ1v) is 13.2. The minimum absolute atomic E-state index is 0. The maximum atomic E-state index is 11.8. The maximum Gasteiger partial charge on any atom is 4.00 e. The Labute approximate surface area is 211 Å². The summed E-state index contributed by atoms with van der Waals surface area (Å²) in [5.74, 6) is 0. The predicted octanol–water partition coefficient (Wildman–Crippen LogP) is 8.00. The second kappa shape index (κ2) is 32.3. The molecule has 1 rings (SSSR count).